The molecule has 1 fully saturated rings. The molecule has 2 atom stereocenters. The molecule has 2 N–H and O–H groups in total. The third-order valence-corrected chi connectivity index (χ3v) is 6.05. The highest BCUT2D eigenvalue weighted by molar-refractivity contribution is 5.83. The van der Waals surface area contributed by atoms with E-state index in [1.165, 1.54) is 6.92 Å². The molecule has 0 aliphatic carbocycles. The van der Waals surface area contributed by atoms with E-state index < -0.39 is 23.6 Å². The number of rotatable bonds is 5. The van der Waals surface area contributed by atoms with Crippen molar-refractivity contribution < 1.29 is 28.2 Å². The first-order valence-electron chi connectivity index (χ1n) is 10.7. The van der Waals surface area contributed by atoms with Crippen LogP contribution in [0.3, 0.4) is 0 Å². The van der Waals surface area contributed by atoms with E-state index in [0.29, 0.717) is 48.8 Å². The molecule has 0 spiro atoms. The number of phenolic OH excluding ortho intramolecular Hbond substituents is 1. The summed E-state index contributed by atoms with van der Waals surface area (Å²) in [5.41, 5.74) is 0.626. The zero-order chi connectivity index (χ0) is 24.1. The number of aliphatic hydroxyl groups excluding tert-OH is 1. The van der Waals surface area contributed by atoms with Crippen LogP contribution in [0.5, 0.6) is 5.75 Å². The Morgan fingerprint density at radius 2 is 2.00 bits per heavy atom. The number of aryl methyl sites for hydroxylation is 1. The lowest BCUT2D eigenvalue weighted by Gasteiger charge is -2.15. The predicted molar refractivity (Wildman–Crippen MR) is 115 cm³/mol. The fraction of sp³-hybridized carbons (Fsp3) is 0.435. The highest BCUT2D eigenvalue weighted by Gasteiger charge is 2.33. The van der Waals surface area contributed by atoms with Gasteiger partial charge in [0.25, 0.3) is 0 Å². The molecule has 1 aliphatic rings. The molecular formula is C23H25F3N4O3. The number of carbonyl (C=O) groups excluding carboxylic acids is 1. The Hall–Kier alpha value is -3.14. The summed E-state index contributed by atoms with van der Waals surface area (Å²) in [5.74, 6) is -0.384. The molecule has 1 unspecified atom stereocenters. The molecule has 2 aromatic heterocycles. The minimum atomic E-state index is -4.57. The van der Waals surface area contributed by atoms with Gasteiger partial charge in [0.2, 0.25) is 5.91 Å². The number of carbonyl (C=O) groups is 1. The van der Waals surface area contributed by atoms with Crippen molar-refractivity contribution in [3.8, 4) is 17.0 Å². The summed E-state index contributed by atoms with van der Waals surface area (Å²) >= 11 is 0. The summed E-state index contributed by atoms with van der Waals surface area (Å²) in [6.07, 6.45) is -5.01. The van der Waals surface area contributed by atoms with Gasteiger partial charge in [0.05, 0.1) is 23.1 Å². The topological polar surface area (TPSA) is 91.5 Å². The van der Waals surface area contributed by atoms with Gasteiger partial charge in [0.1, 0.15) is 5.75 Å². The number of likely N-dealkylation sites (tertiary alicyclic amines) is 1. The minimum Gasteiger partial charge on any atom is -0.507 e. The van der Waals surface area contributed by atoms with Gasteiger partial charge in [-0.2, -0.15) is 18.3 Å². The van der Waals surface area contributed by atoms with Crippen molar-refractivity contribution in [2.75, 3.05) is 13.1 Å². The van der Waals surface area contributed by atoms with Gasteiger partial charge in [0.15, 0.2) is 5.65 Å². The average molecular weight is 462 g/mol. The molecule has 33 heavy (non-hydrogen) atoms. The number of amides is 1. The van der Waals surface area contributed by atoms with Crippen molar-refractivity contribution in [3.05, 3.63) is 41.1 Å². The van der Waals surface area contributed by atoms with E-state index in [0.717, 1.165) is 6.07 Å². The molecule has 0 saturated carbocycles. The third kappa shape index (κ3) is 4.27. The van der Waals surface area contributed by atoms with Crippen LogP contribution >= 0.6 is 0 Å². The summed E-state index contributed by atoms with van der Waals surface area (Å²) in [6.45, 7) is 6.70. The Labute approximate surface area is 188 Å². The highest BCUT2D eigenvalue weighted by Crippen LogP contribution is 2.39. The number of phenols is 1. The van der Waals surface area contributed by atoms with Crippen LogP contribution in [0.25, 0.3) is 22.3 Å². The maximum absolute atomic E-state index is 13.1. The van der Waals surface area contributed by atoms with E-state index in [9.17, 15) is 28.2 Å². The monoisotopic (exact) mass is 462 g/mol. The number of pyridine rings is 1. The number of halogens is 3. The fourth-order valence-electron chi connectivity index (χ4n) is 4.54. The van der Waals surface area contributed by atoms with Crippen LogP contribution in [0.2, 0.25) is 0 Å². The summed E-state index contributed by atoms with van der Waals surface area (Å²) in [7, 11) is 0. The fourth-order valence-corrected chi connectivity index (χ4v) is 4.54. The second-order valence-corrected chi connectivity index (χ2v) is 8.50. The second-order valence-electron chi connectivity index (χ2n) is 8.50. The lowest BCUT2D eigenvalue weighted by Crippen LogP contribution is -2.25. The molecule has 3 aromatic rings. The Morgan fingerprint density at radius 1 is 1.27 bits per heavy atom. The number of aromatic hydroxyl groups is 1. The number of nitrogens with zero attached hydrogens (tertiary/aromatic N) is 4. The highest BCUT2D eigenvalue weighted by atomic mass is 19.4. The zero-order valence-corrected chi connectivity index (χ0v) is 18.5. The first kappa shape index (κ1) is 23.0. The van der Waals surface area contributed by atoms with Crippen LogP contribution < -0.4 is 0 Å². The summed E-state index contributed by atoms with van der Waals surface area (Å²) in [5, 5.41) is 25.8. The minimum absolute atomic E-state index is 0.0462. The number of aromatic nitrogens is 3. The summed E-state index contributed by atoms with van der Waals surface area (Å²) in [6, 6.07) is 4.94. The Kier molecular flexibility index (Phi) is 5.81. The van der Waals surface area contributed by atoms with Gasteiger partial charge in [-0.1, -0.05) is 0 Å². The van der Waals surface area contributed by atoms with Crippen LogP contribution in [0.4, 0.5) is 13.2 Å². The third-order valence-electron chi connectivity index (χ3n) is 6.05. The van der Waals surface area contributed by atoms with Gasteiger partial charge in [-0.05, 0) is 50.6 Å². The Bertz CT molecular complexity index is 1200. The smallest absolute Gasteiger partial charge is 0.416 e. The van der Waals surface area contributed by atoms with Crippen molar-refractivity contribution in [2.24, 2.45) is 5.92 Å². The van der Waals surface area contributed by atoms with Crippen molar-refractivity contribution in [1.82, 2.24) is 19.7 Å². The molecule has 0 radical (unpaired) electrons. The van der Waals surface area contributed by atoms with Crippen LogP contribution in [-0.4, -0.2) is 48.9 Å². The van der Waals surface area contributed by atoms with Gasteiger partial charge in [0, 0.05) is 42.9 Å². The number of alkyl halides is 3. The van der Waals surface area contributed by atoms with Crippen LogP contribution in [0.15, 0.2) is 24.3 Å². The quantitative estimate of drug-likeness (QED) is 0.597. The molecule has 4 rings (SSSR count). The van der Waals surface area contributed by atoms with E-state index >= 15 is 0 Å². The number of hydrogen-bond acceptors (Lipinski definition) is 5. The maximum Gasteiger partial charge on any atom is 0.416 e. The van der Waals surface area contributed by atoms with Gasteiger partial charge in [-0.25, -0.2) is 4.98 Å². The number of hydrogen-bond donors (Lipinski definition) is 2. The molecule has 1 aliphatic heterocycles. The summed E-state index contributed by atoms with van der Waals surface area (Å²) in [4.78, 5) is 18.4. The maximum atomic E-state index is 13.1. The van der Waals surface area contributed by atoms with Gasteiger partial charge < -0.3 is 15.1 Å². The van der Waals surface area contributed by atoms with E-state index in [-0.39, 0.29) is 28.6 Å². The van der Waals surface area contributed by atoms with Crippen molar-refractivity contribution in [2.45, 2.75) is 46.0 Å². The Morgan fingerprint density at radius 3 is 2.58 bits per heavy atom. The number of benzene rings is 1. The number of fused-ring (bicyclic) bond motifs is 1. The molecule has 0 bridgehead atoms. The molecule has 7 nitrogen and oxygen atoms in total. The molecule has 1 amide bonds. The van der Waals surface area contributed by atoms with Crippen molar-refractivity contribution in [1.29, 1.82) is 0 Å². The molecule has 176 valence electrons. The molecule has 1 saturated heterocycles. The van der Waals surface area contributed by atoms with Gasteiger partial charge in [-0.3, -0.25) is 9.48 Å². The SMILES string of the molecule is CCN1CC(Cn2nc3nc(-c4c(C)cc(C(F)(F)F)cc4O)ccc3c2[C@@H](C)O)CC1=O. The molecule has 1 aromatic carbocycles. The van der Waals surface area contributed by atoms with E-state index in [1.54, 1.807) is 28.6 Å². The largest absolute Gasteiger partial charge is 0.507 e. The molecular weight excluding hydrogens is 437 g/mol. The molecule has 10 heteroatoms. The normalized spacial score (nSPS) is 17.8. The van der Waals surface area contributed by atoms with Crippen molar-refractivity contribution >= 4 is 16.9 Å². The van der Waals surface area contributed by atoms with Crippen LogP contribution in [0, 0.1) is 12.8 Å². The lowest BCUT2D eigenvalue weighted by molar-refractivity contribution is -0.137. The molecule has 3 heterocycles. The first-order valence-corrected chi connectivity index (χ1v) is 10.7. The van der Waals surface area contributed by atoms with Gasteiger partial charge >= 0.3 is 6.18 Å². The predicted octanol–water partition coefficient (Wildman–Crippen LogP) is 4.05. The average Bonchev–Trinajstić information content (AvgIpc) is 3.25. The van der Waals surface area contributed by atoms with Gasteiger partial charge in [-0.15, -0.1) is 0 Å². The second kappa shape index (κ2) is 8.33. The number of aliphatic hydroxyl groups is 1. The zero-order valence-electron chi connectivity index (χ0n) is 18.5. The Balaban J connectivity index is 1.74. The van der Waals surface area contributed by atoms with Crippen LogP contribution in [-0.2, 0) is 17.5 Å². The lowest BCUT2D eigenvalue weighted by atomic mass is 10.00. The first-order chi connectivity index (χ1) is 15.5. The van der Waals surface area contributed by atoms with E-state index in [1.807, 2.05) is 6.92 Å². The summed E-state index contributed by atoms with van der Waals surface area (Å²) < 4.78 is 40.8. The van der Waals surface area contributed by atoms with Crippen LogP contribution in [0.1, 0.15) is 43.2 Å². The standard InChI is InChI=1S/C23H25F3N4O3/c1-4-29-10-14(8-19(29)33)11-30-21(13(3)31)16-5-6-17(27-22(16)28-30)20-12(2)7-15(9-18(20)32)23(24,25)26/h5-7,9,13-14,31-32H,4,8,10-11H2,1-3H3/t13-,14?/m1/s1. The van der Waals surface area contributed by atoms with E-state index in [2.05, 4.69) is 10.1 Å². The van der Waals surface area contributed by atoms with Crippen molar-refractivity contribution in [3.63, 3.8) is 0 Å². The van der Waals surface area contributed by atoms with E-state index in [4.69, 9.17) is 0 Å².